The molecule has 0 spiro atoms. The van der Waals surface area contributed by atoms with Gasteiger partial charge in [-0.2, -0.15) is 0 Å². The second kappa shape index (κ2) is 9.21. The van der Waals surface area contributed by atoms with E-state index in [2.05, 4.69) is 26.6 Å². The molecule has 0 radical (unpaired) electrons. The van der Waals surface area contributed by atoms with Crippen LogP contribution in [0.5, 0.6) is 0 Å². The van der Waals surface area contributed by atoms with Gasteiger partial charge in [0.05, 0.1) is 6.61 Å². The molecule has 1 rings (SSSR count). The number of rotatable bonds is 8. The Labute approximate surface area is 135 Å². The van der Waals surface area contributed by atoms with Gasteiger partial charge in [-0.15, -0.1) is 0 Å². The molecule has 1 heterocycles. The largest absolute Gasteiger partial charge is 0.451 e. The van der Waals surface area contributed by atoms with Gasteiger partial charge in [0.15, 0.2) is 16.5 Å². The highest BCUT2D eigenvalue weighted by Gasteiger charge is 2.18. The standard InChI is InChI=1S/C13H17BrN2O6/c1-8(12(18)15-5-6-20-2)21-11(17)7-16-13(19)9-3-4-10(14)22-9/h3-4,8H,5-7H2,1-2H3,(H,15,18)(H,16,19)/t8-/m0/s1. The quantitative estimate of drug-likeness (QED) is 0.504. The summed E-state index contributed by atoms with van der Waals surface area (Å²) in [4.78, 5) is 34.7. The van der Waals surface area contributed by atoms with E-state index in [1.165, 1.54) is 20.1 Å². The number of carbonyl (C=O) groups is 3. The number of carbonyl (C=O) groups excluding carboxylic acids is 3. The zero-order chi connectivity index (χ0) is 16.5. The van der Waals surface area contributed by atoms with Crippen LogP contribution >= 0.6 is 15.9 Å². The fraction of sp³-hybridized carbons (Fsp3) is 0.462. The molecule has 9 heteroatoms. The summed E-state index contributed by atoms with van der Waals surface area (Å²) in [5, 5.41) is 4.86. The average molecular weight is 377 g/mol. The molecule has 1 atom stereocenters. The Balaban J connectivity index is 2.30. The van der Waals surface area contributed by atoms with Crippen molar-refractivity contribution in [2.24, 2.45) is 0 Å². The molecule has 0 unspecified atom stereocenters. The zero-order valence-corrected chi connectivity index (χ0v) is 13.8. The first-order valence-corrected chi connectivity index (χ1v) is 7.23. The van der Waals surface area contributed by atoms with Crippen LogP contribution in [0.2, 0.25) is 0 Å². The molecule has 1 aromatic rings. The highest BCUT2D eigenvalue weighted by atomic mass is 79.9. The maximum absolute atomic E-state index is 11.6. The van der Waals surface area contributed by atoms with Crippen LogP contribution < -0.4 is 10.6 Å². The number of hydrogen-bond donors (Lipinski definition) is 2. The highest BCUT2D eigenvalue weighted by molar-refractivity contribution is 9.10. The summed E-state index contributed by atoms with van der Waals surface area (Å²) < 4.78 is 15.1. The van der Waals surface area contributed by atoms with E-state index >= 15 is 0 Å². The van der Waals surface area contributed by atoms with Crippen LogP contribution in [0.1, 0.15) is 17.5 Å². The van der Waals surface area contributed by atoms with E-state index in [1.807, 2.05) is 0 Å². The van der Waals surface area contributed by atoms with Crippen molar-refractivity contribution >= 4 is 33.7 Å². The van der Waals surface area contributed by atoms with E-state index in [4.69, 9.17) is 13.9 Å². The molecule has 2 N–H and O–H groups in total. The third-order valence-electron chi connectivity index (χ3n) is 2.47. The monoisotopic (exact) mass is 376 g/mol. The SMILES string of the molecule is COCCNC(=O)[C@H](C)OC(=O)CNC(=O)c1ccc(Br)o1. The van der Waals surface area contributed by atoms with Crippen molar-refractivity contribution < 1.29 is 28.3 Å². The third kappa shape index (κ3) is 6.27. The summed E-state index contributed by atoms with van der Waals surface area (Å²) in [6.45, 7) is 1.75. The van der Waals surface area contributed by atoms with Gasteiger partial charge in [-0.3, -0.25) is 14.4 Å². The molecule has 122 valence electrons. The molecule has 0 fully saturated rings. The number of nitrogens with one attached hydrogen (secondary N) is 2. The average Bonchev–Trinajstić information content (AvgIpc) is 2.91. The molecule has 0 aliphatic carbocycles. The number of ether oxygens (including phenoxy) is 2. The van der Waals surface area contributed by atoms with Crippen molar-refractivity contribution in [2.45, 2.75) is 13.0 Å². The third-order valence-corrected chi connectivity index (χ3v) is 2.90. The van der Waals surface area contributed by atoms with E-state index in [1.54, 1.807) is 6.07 Å². The summed E-state index contributed by atoms with van der Waals surface area (Å²) in [7, 11) is 1.51. The summed E-state index contributed by atoms with van der Waals surface area (Å²) >= 11 is 3.06. The lowest BCUT2D eigenvalue weighted by Gasteiger charge is -2.13. The Kier molecular flexibility index (Phi) is 7.61. The van der Waals surface area contributed by atoms with Gasteiger partial charge in [-0.25, -0.2) is 0 Å². The highest BCUT2D eigenvalue weighted by Crippen LogP contribution is 2.13. The van der Waals surface area contributed by atoms with Gasteiger partial charge in [0, 0.05) is 13.7 Å². The van der Waals surface area contributed by atoms with Gasteiger partial charge < -0.3 is 24.5 Å². The maximum Gasteiger partial charge on any atom is 0.326 e. The molecule has 22 heavy (non-hydrogen) atoms. The number of amides is 2. The summed E-state index contributed by atoms with van der Waals surface area (Å²) in [6, 6.07) is 3.01. The van der Waals surface area contributed by atoms with E-state index in [-0.39, 0.29) is 12.3 Å². The molecule has 0 aromatic carbocycles. The summed E-state index contributed by atoms with van der Waals surface area (Å²) in [6.07, 6.45) is -0.959. The molecule has 1 aromatic heterocycles. The lowest BCUT2D eigenvalue weighted by molar-refractivity contribution is -0.153. The van der Waals surface area contributed by atoms with Gasteiger partial charge in [-0.1, -0.05) is 0 Å². The normalized spacial score (nSPS) is 11.6. The van der Waals surface area contributed by atoms with Crippen molar-refractivity contribution in [3.8, 4) is 0 Å². The molecule has 2 amide bonds. The smallest absolute Gasteiger partial charge is 0.326 e. The van der Waals surface area contributed by atoms with Crippen LogP contribution in [0.15, 0.2) is 21.2 Å². The van der Waals surface area contributed by atoms with E-state index in [0.717, 1.165) is 0 Å². The molecular weight excluding hydrogens is 360 g/mol. The first kappa shape index (κ1) is 18.2. The Morgan fingerprint density at radius 1 is 1.32 bits per heavy atom. The van der Waals surface area contributed by atoms with Crippen molar-refractivity contribution in [2.75, 3.05) is 26.8 Å². The Morgan fingerprint density at radius 2 is 2.05 bits per heavy atom. The Morgan fingerprint density at radius 3 is 2.64 bits per heavy atom. The second-order valence-corrected chi connectivity index (χ2v) is 4.98. The molecule has 0 saturated carbocycles. The molecule has 8 nitrogen and oxygen atoms in total. The van der Waals surface area contributed by atoms with Gasteiger partial charge in [0.1, 0.15) is 6.54 Å². The second-order valence-electron chi connectivity index (χ2n) is 4.20. The van der Waals surface area contributed by atoms with Crippen LogP contribution in [0.25, 0.3) is 0 Å². The topological polar surface area (TPSA) is 107 Å². The molecular formula is C13H17BrN2O6. The maximum atomic E-state index is 11.6. The predicted octanol–water partition coefficient (Wildman–Crippen LogP) is 0.466. The molecule has 0 saturated heterocycles. The minimum Gasteiger partial charge on any atom is -0.451 e. The van der Waals surface area contributed by atoms with E-state index in [0.29, 0.717) is 17.8 Å². The Bertz CT molecular complexity index is 530. The number of halogens is 1. The molecule has 0 aliphatic heterocycles. The molecule has 0 bridgehead atoms. The lowest BCUT2D eigenvalue weighted by atomic mass is 10.3. The Hall–Kier alpha value is -1.87. The molecule has 0 aliphatic rings. The van der Waals surface area contributed by atoms with Gasteiger partial charge >= 0.3 is 5.97 Å². The van der Waals surface area contributed by atoms with Crippen LogP contribution in [0.4, 0.5) is 0 Å². The van der Waals surface area contributed by atoms with Crippen LogP contribution in [-0.4, -0.2) is 50.7 Å². The minimum absolute atomic E-state index is 0.0602. The van der Waals surface area contributed by atoms with Crippen molar-refractivity contribution in [1.82, 2.24) is 10.6 Å². The van der Waals surface area contributed by atoms with Crippen LogP contribution in [0.3, 0.4) is 0 Å². The van der Waals surface area contributed by atoms with E-state index < -0.39 is 23.9 Å². The van der Waals surface area contributed by atoms with E-state index in [9.17, 15) is 14.4 Å². The lowest BCUT2D eigenvalue weighted by Crippen LogP contribution is -2.39. The zero-order valence-electron chi connectivity index (χ0n) is 12.2. The van der Waals surface area contributed by atoms with Gasteiger partial charge in [-0.05, 0) is 35.0 Å². The fourth-order valence-electron chi connectivity index (χ4n) is 1.39. The van der Waals surface area contributed by atoms with Crippen molar-refractivity contribution in [3.63, 3.8) is 0 Å². The predicted molar refractivity (Wildman–Crippen MR) is 79.2 cm³/mol. The van der Waals surface area contributed by atoms with Gasteiger partial charge in [0.2, 0.25) is 0 Å². The first-order valence-electron chi connectivity index (χ1n) is 6.43. The number of hydrogen-bond acceptors (Lipinski definition) is 6. The number of methoxy groups -OCH3 is 1. The van der Waals surface area contributed by atoms with Gasteiger partial charge in [0.25, 0.3) is 11.8 Å². The van der Waals surface area contributed by atoms with Crippen LogP contribution in [-0.2, 0) is 19.1 Å². The van der Waals surface area contributed by atoms with Crippen molar-refractivity contribution in [3.05, 3.63) is 22.6 Å². The van der Waals surface area contributed by atoms with Crippen LogP contribution in [0, 0.1) is 0 Å². The first-order chi connectivity index (χ1) is 10.4. The number of furan rings is 1. The summed E-state index contributed by atoms with van der Waals surface area (Å²) in [5.74, 6) is -1.66. The number of esters is 1. The fourth-order valence-corrected chi connectivity index (χ4v) is 1.69. The minimum atomic E-state index is -0.959. The van der Waals surface area contributed by atoms with Crippen molar-refractivity contribution in [1.29, 1.82) is 0 Å². The summed E-state index contributed by atoms with van der Waals surface area (Å²) in [5.41, 5.74) is 0.